The van der Waals surface area contributed by atoms with Gasteiger partial charge in [0.15, 0.2) is 0 Å². The van der Waals surface area contributed by atoms with Crippen molar-refractivity contribution in [3.05, 3.63) is 65.0 Å². The molecule has 0 aliphatic heterocycles. The first-order valence-corrected chi connectivity index (χ1v) is 9.71. The largest absolute Gasteiger partial charge is 0.388 e. The number of amides is 2. The first-order chi connectivity index (χ1) is 13.0. The molecule has 1 unspecified atom stereocenters. The van der Waals surface area contributed by atoms with Crippen LogP contribution in [-0.4, -0.2) is 28.3 Å². The Balaban J connectivity index is 1.74. The number of carbonyl (C=O) groups is 1. The van der Waals surface area contributed by atoms with Gasteiger partial charge in [-0.3, -0.25) is 4.98 Å². The van der Waals surface area contributed by atoms with Gasteiger partial charge in [-0.15, -0.1) is 0 Å². The van der Waals surface area contributed by atoms with E-state index in [1.165, 1.54) is 5.56 Å². The lowest BCUT2D eigenvalue weighted by molar-refractivity contribution is 0.00715. The molecule has 27 heavy (non-hydrogen) atoms. The molecule has 1 saturated carbocycles. The molecule has 144 valence electrons. The predicted molar refractivity (Wildman–Crippen MR) is 107 cm³/mol. The first kappa shape index (κ1) is 19.4. The zero-order valence-electron chi connectivity index (χ0n) is 16.2. The number of urea groups is 1. The molecule has 2 aromatic rings. The van der Waals surface area contributed by atoms with Gasteiger partial charge in [0.05, 0.1) is 11.6 Å². The van der Waals surface area contributed by atoms with Crippen molar-refractivity contribution in [2.24, 2.45) is 0 Å². The van der Waals surface area contributed by atoms with Gasteiger partial charge in [0.25, 0.3) is 0 Å². The molecule has 0 radical (unpaired) electrons. The van der Waals surface area contributed by atoms with Crippen molar-refractivity contribution in [3.63, 3.8) is 0 Å². The van der Waals surface area contributed by atoms with Gasteiger partial charge in [-0.1, -0.05) is 49.1 Å². The Morgan fingerprint density at radius 3 is 2.67 bits per heavy atom. The number of aryl methyl sites for hydroxylation is 2. The number of nitrogens with zero attached hydrogens (tertiary/aromatic N) is 1. The summed E-state index contributed by atoms with van der Waals surface area (Å²) >= 11 is 0. The molecule has 1 fully saturated rings. The van der Waals surface area contributed by atoms with Gasteiger partial charge >= 0.3 is 6.03 Å². The summed E-state index contributed by atoms with van der Waals surface area (Å²) in [5.74, 6) is 0. The van der Waals surface area contributed by atoms with Crippen molar-refractivity contribution >= 4 is 6.03 Å². The van der Waals surface area contributed by atoms with E-state index in [4.69, 9.17) is 0 Å². The lowest BCUT2D eigenvalue weighted by atomic mass is 9.85. The van der Waals surface area contributed by atoms with E-state index in [1.807, 2.05) is 12.1 Å². The molecule has 0 bridgehead atoms. The number of carbonyl (C=O) groups excluding carboxylic acids is 1. The summed E-state index contributed by atoms with van der Waals surface area (Å²) in [5.41, 5.74) is 3.50. The Kier molecular flexibility index (Phi) is 6.11. The Bertz CT molecular complexity index is 770. The molecule has 1 aliphatic carbocycles. The zero-order chi connectivity index (χ0) is 19.3. The summed E-state index contributed by atoms with van der Waals surface area (Å²) in [6.45, 7) is 4.39. The van der Waals surface area contributed by atoms with Gasteiger partial charge in [-0.05, 0) is 49.4 Å². The summed E-state index contributed by atoms with van der Waals surface area (Å²) < 4.78 is 0. The Labute approximate surface area is 161 Å². The second-order valence-corrected chi connectivity index (χ2v) is 7.69. The minimum Gasteiger partial charge on any atom is -0.388 e. The third kappa shape index (κ3) is 5.07. The van der Waals surface area contributed by atoms with E-state index < -0.39 is 5.60 Å². The number of hydrogen-bond donors (Lipinski definition) is 3. The van der Waals surface area contributed by atoms with Crippen molar-refractivity contribution < 1.29 is 9.90 Å². The number of nitrogens with one attached hydrogen (secondary N) is 2. The van der Waals surface area contributed by atoms with Crippen LogP contribution >= 0.6 is 0 Å². The summed E-state index contributed by atoms with van der Waals surface area (Å²) in [6, 6.07) is 9.49. The average Bonchev–Trinajstić information content (AvgIpc) is 2.66. The van der Waals surface area contributed by atoms with E-state index in [9.17, 15) is 9.90 Å². The molecule has 1 aliphatic rings. The number of benzene rings is 1. The Morgan fingerprint density at radius 1 is 1.22 bits per heavy atom. The van der Waals surface area contributed by atoms with Gasteiger partial charge < -0.3 is 15.7 Å². The molecule has 5 nitrogen and oxygen atoms in total. The molecule has 2 amide bonds. The second kappa shape index (κ2) is 8.53. The molecule has 1 aromatic heterocycles. The quantitative estimate of drug-likeness (QED) is 0.753. The smallest absolute Gasteiger partial charge is 0.315 e. The van der Waals surface area contributed by atoms with Crippen molar-refractivity contribution in [1.29, 1.82) is 0 Å². The predicted octanol–water partition coefficient (Wildman–Crippen LogP) is 3.78. The lowest BCUT2D eigenvalue weighted by Crippen LogP contribution is -2.48. The number of hydrogen-bond acceptors (Lipinski definition) is 3. The molecule has 5 heteroatoms. The van der Waals surface area contributed by atoms with Gasteiger partial charge in [0.1, 0.15) is 0 Å². The molecule has 1 atom stereocenters. The maximum absolute atomic E-state index is 12.6. The summed E-state index contributed by atoms with van der Waals surface area (Å²) in [7, 11) is 0. The highest BCUT2D eigenvalue weighted by Gasteiger charge is 2.30. The van der Waals surface area contributed by atoms with Crippen LogP contribution in [0.3, 0.4) is 0 Å². The zero-order valence-corrected chi connectivity index (χ0v) is 16.2. The maximum Gasteiger partial charge on any atom is 0.315 e. The van der Waals surface area contributed by atoms with E-state index >= 15 is 0 Å². The highest BCUT2D eigenvalue weighted by molar-refractivity contribution is 5.75. The molecule has 1 heterocycles. The minimum absolute atomic E-state index is 0.275. The summed E-state index contributed by atoms with van der Waals surface area (Å²) in [4.78, 5) is 16.8. The van der Waals surface area contributed by atoms with Crippen LogP contribution in [0.2, 0.25) is 0 Å². The SMILES string of the molecule is Cc1ccc(C(NC(=O)NCC2(O)CCCCC2)c2cccnc2)c(C)c1. The topological polar surface area (TPSA) is 74.2 Å². The first-order valence-electron chi connectivity index (χ1n) is 9.71. The van der Waals surface area contributed by atoms with Gasteiger partial charge in [0, 0.05) is 18.9 Å². The molecule has 3 rings (SSSR count). The molecule has 1 aromatic carbocycles. The maximum atomic E-state index is 12.6. The van der Waals surface area contributed by atoms with Crippen LogP contribution in [0.5, 0.6) is 0 Å². The fourth-order valence-electron chi connectivity index (χ4n) is 3.85. The molecule has 0 spiro atoms. The van der Waals surface area contributed by atoms with E-state index in [-0.39, 0.29) is 18.6 Å². The van der Waals surface area contributed by atoms with Gasteiger partial charge in [0.2, 0.25) is 0 Å². The van der Waals surface area contributed by atoms with Crippen molar-refractivity contribution in [1.82, 2.24) is 15.6 Å². The van der Waals surface area contributed by atoms with Crippen LogP contribution in [0.1, 0.15) is 60.4 Å². The van der Waals surface area contributed by atoms with Crippen LogP contribution in [0.4, 0.5) is 4.79 Å². The van der Waals surface area contributed by atoms with Crippen LogP contribution < -0.4 is 10.6 Å². The van der Waals surface area contributed by atoms with Crippen LogP contribution in [0.25, 0.3) is 0 Å². The molecule has 0 saturated heterocycles. The van der Waals surface area contributed by atoms with Gasteiger partial charge in [-0.2, -0.15) is 0 Å². The normalized spacial score (nSPS) is 17.1. The Hall–Kier alpha value is -2.40. The third-order valence-corrected chi connectivity index (χ3v) is 5.39. The second-order valence-electron chi connectivity index (χ2n) is 7.69. The molecular weight excluding hydrogens is 338 g/mol. The molecular formula is C22H29N3O2. The van der Waals surface area contributed by atoms with Crippen molar-refractivity contribution in [2.45, 2.75) is 57.6 Å². The van der Waals surface area contributed by atoms with Gasteiger partial charge in [-0.25, -0.2) is 4.79 Å². The van der Waals surface area contributed by atoms with Crippen LogP contribution in [0, 0.1) is 13.8 Å². The highest BCUT2D eigenvalue weighted by Crippen LogP contribution is 2.28. The summed E-state index contributed by atoms with van der Waals surface area (Å²) in [6.07, 6.45) is 8.18. The van der Waals surface area contributed by atoms with Crippen LogP contribution in [-0.2, 0) is 0 Å². The monoisotopic (exact) mass is 367 g/mol. The van der Waals surface area contributed by atoms with Crippen molar-refractivity contribution in [3.8, 4) is 0 Å². The highest BCUT2D eigenvalue weighted by atomic mass is 16.3. The number of aromatic nitrogens is 1. The van der Waals surface area contributed by atoms with E-state index in [0.717, 1.165) is 48.8 Å². The summed E-state index contributed by atoms with van der Waals surface area (Å²) in [5, 5.41) is 16.5. The van der Waals surface area contributed by atoms with Crippen LogP contribution in [0.15, 0.2) is 42.7 Å². The number of rotatable bonds is 5. The van der Waals surface area contributed by atoms with E-state index in [1.54, 1.807) is 12.4 Å². The lowest BCUT2D eigenvalue weighted by Gasteiger charge is -2.32. The fourth-order valence-corrected chi connectivity index (χ4v) is 3.85. The minimum atomic E-state index is -0.779. The van der Waals surface area contributed by atoms with Crippen molar-refractivity contribution in [2.75, 3.05) is 6.54 Å². The standard InChI is InChI=1S/C22H29N3O2/c1-16-8-9-19(17(2)13-16)20(18-7-6-12-23-14-18)25-21(26)24-15-22(27)10-4-3-5-11-22/h6-9,12-14,20,27H,3-5,10-11,15H2,1-2H3,(H2,24,25,26). The van der Waals surface area contributed by atoms with E-state index in [0.29, 0.717) is 0 Å². The Morgan fingerprint density at radius 2 is 2.00 bits per heavy atom. The van der Waals surface area contributed by atoms with E-state index in [2.05, 4.69) is 47.7 Å². The number of aliphatic hydroxyl groups is 1. The average molecular weight is 367 g/mol. The third-order valence-electron chi connectivity index (χ3n) is 5.39. The molecule has 3 N–H and O–H groups in total. The fraction of sp³-hybridized carbons (Fsp3) is 0.455. The number of pyridine rings is 1.